The van der Waals surface area contributed by atoms with E-state index in [1.165, 1.54) is 126 Å². The number of hydrogen-bond donors (Lipinski definition) is 0. The van der Waals surface area contributed by atoms with E-state index in [0.717, 1.165) is 24.0 Å². The van der Waals surface area contributed by atoms with E-state index in [1.54, 1.807) is 0 Å². The van der Waals surface area contributed by atoms with Gasteiger partial charge in [-0.3, -0.25) is 0 Å². The van der Waals surface area contributed by atoms with Crippen LogP contribution in [0.15, 0.2) is 156 Å². The summed E-state index contributed by atoms with van der Waals surface area (Å²) in [7, 11) is 0. The molecule has 348 valence electrons. The van der Waals surface area contributed by atoms with Gasteiger partial charge in [-0.1, -0.05) is 166 Å². The van der Waals surface area contributed by atoms with Crippen LogP contribution >= 0.6 is 11.3 Å². The molecule has 0 amide bonds. The number of benzene rings is 8. The van der Waals surface area contributed by atoms with Gasteiger partial charge < -0.3 is 13.8 Å². The third-order valence-electron chi connectivity index (χ3n) is 16.9. The highest BCUT2D eigenvalue weighted by Gasteiger charge is 2.47. The molecule has 0 N–H and O–H groups in total. The Bertz CT molecular complexity index is 4060. The molecule has 11 aromatic rings. The van der Waals surface area contributed by atoms with Crippen molar-refractivity contribution in [3.05, 3.63) is 174 Å². The SMILES string of the molecule is CC(C)(C)c1ccc(N2B3c4cc5sc(-c6ccccc6)c(-c6ccccc6)c5cc4-n4c5cc6c(cc5c5c7oc8ccccc8c7c(c3c54)-c3cc(C(C)(C)C)ccc32)C(C)(C)CCC6(C)C)cc1. The first-order valence-electron chi connectivity index (χ1n) is 25.7. The van der Waals surface area contributed by atoms with E-state index in [-0.39, 0.29) is 28.5 Å². The molecular weight excluding hydrogens is 880 g/mol. The molecule has 1 aliphatic carbocycles. The third-order valence-corrected chi connectivity index (χ3v) is 18.1. The summed E-state index contributed by atoms with van der Waals surface area (Å²) in [5.41, 5.74) is 22.7. The van der Waals surface area contributed by atoms with Gasteiger partial charge in [-0.25, -0.2) is 0 Å². The smallest absolute Gasteiger partial charge is 0.333 e. The molecule has 0 saturated heterocycles. The molecule has 8 aromatic carbocycles. The Morgan fingerprint density at radius 1 is 0.563 bits per heavy atom. The summed E-state index contributed by atoms with van der Waals surface area (Å²) in [4.78, 5) is 4.01. The predicted octanol–water partition coefficient (Wildman–Crippen LogP) is 17.4. The van der Waals surface area contributed by atoms with Crippen molar-refractivity contribution in [2.24, 2.45) is 0 Å². The van der Waals surface area contributed by atoms with E-state index in [4.69, 9.17) is 4.42 Å². The fourth-order valence-corrected chi connectivity index (χ4v) is 14.2. The first-order valence-corrected chi connectivity index (χ1v) is 26.6. The highest BCUT2D eigenvalue weighted by atomic mass is 32.1. The van der Waals surface area contributed by atoms with Crippen LogP contribution in [-0.4, -0.2) is 11.4 Å². The largest absolute Gasteiger partial charge is 0.455 e. The first-order chi connectivity index (χ1) is 34.0. The van der Waals surface area contributed by atoms with Crippen LogP contribution in [0.25, 0.3) is 92.2 Å². The topological polar surface area (TPSA) is 21.3 Å². The monoisotopic (exact) mass is 938 g/mol. The molecule has 71 heavy (non-hydrogen) atoms. The molecule has 0 fully saturated rings. The number of fused-ring (bicyclic) bond motifs is 15. The second-order valence-corrected chi connectivity index (χ2v) is 25.4. The standard InChI is InChI=1S/C66H59BN2OS/c1-63(2,3)40-25-28-42(29-26-40)69-50-30-27-41(64(4,5)6)33-44(50)56-57-43-23-17-18-24-53(43)70-61(57)58-45-34-47-48(66(9,10)32-31-65(47,7)8)36-51(45)68-52-35-46-54(37-49(52)67(69)59(56)60(58)68)71-62(39-21-15-12-16-22-39)55(46)38-19-13-11-14-20-38/h11-30,33-37H,31-32H2,1-10H3. The maximum absolute atomic E-state index is 7.38. The molecule has 14 rings (SSSR count). The molecule has 5 heteroatoms. The van der Waals surface area contributed by atoms with E-state index in [1.807, 2.05) is 11.3 Å². The van der Waals surface area contributed by atoms with Crippen molar-refractivity contribution < 1.29 is 4.42 Å². The average molecular weight is 939 g/mol. The van der Waals surface area contributed by atoms with Crippen LogP contribution in [0.3, 0.4) is 0 Å². The van der Waals surface area contributed by atoms with Gasteiger partial charge in [-0.15, -0.1) is 11.3 Å². The minimum absolute atomic E-state index is 0.0185. The Morgan fingerprint density at radius 3 is 1.89 bits per heavy atom. The van der Waals surface area contributed by atoms with Crippen molar-refractivity contribution >= 4 is 94.3 Å². The van der Waals surface area contributed by atoms with Crippen LogP contribution in [-0.2, 0) is 21.7 Å². The zero-order chi connectivity index (χ0) is 48.7. The van der Waals surface area contributed by atoms with Crippen molar-refractivity contribution in [1.29, 1.82) is 0 Å². The van der Waals surface area contributed by atoms with Crippen molar-refractivity contribution in [1.82, 2.24) is 4.57 Å². The van der Waals surface area contributed by atoms with E-state index in [2.05, 4.69) is 230 Å². The summed E-state index contributed by atoms with van der Waals surface area (Å²) in [6, 6.07) is 58.2. The number of para-hydroxylation sites is 1. The van der Waals surface area contributed by atoms with Crippen LogP contribution in [0.5, 0.6) is 0 Å². The quantitative estimate of drug-likeness (QED) is 0.165. The van der Waals surface area contributed by atoms with Gasteiger partial charge in [0.1, 0.15) is 11.2 Å². The molecule has 5 heterocycles. The molecule has 0 bridgehead atoms. The van der Waals surface area contributed by atoms with E-state index >= 15 is 0 Å². The average Bonchev–Trinajstić information content (AvgIpc) is 4.04. The molecule has 0 atom stereocenters. The second-order valence-electron chi connectivity index (χ2n) is 24.3. The highest BCUT2D eigenvalue weighted by Crippen LogP contribution is 2.55. The van der Waals surface area contributed by atoms with Gasteiger partial charge in [0.2, 0.25) is 0 Å². The molecule has 3 aromatic heterocycles. The summed E-state index contributed by atoms with van der Waals surface area (Å²) in [6.45, 7) is 23.7. The Labute approximate surface area is 421 Å². The van der Waals surface area contributed by atoms with Crippen LogP contribution in [0.4, 0.5) is 11.4 Å². The maximum atomic E-state index is 7.38. The van der Waals surface area contributed by atoms with E-state index in [0.29, 0.717) is 0 Å². The number of furan rings is 1. The normalized spacial score (nSPS) is 15.8. The van der Waals surface area contributed by atoms with Gasteiger partial charge in [0.15, 0.2) is 0 Å². The number of hydrogen-bond acceptors (Lipinski definition) is 3. The Balaban J connectivity index is 1.23. The summed E-state index contributed by atoms with van der Waals surface area (Å²) < 4.78 is 11.4. The minimum Gasteiger partial charge on any atom is -0.455 e. The summed E-state index contributed by atoms with van der Waals surface area (Å²) in [5.74, 6) is 0. The van der Waals surface area contributed by atoms with Crippen LogP contribution in [0, 0.1) is 0 Å². The number of rotatable bonds is 3. The molecule has 2 aliphatic heterocycles. The molecule has 0 spiro atoms. The van der Waals surface area contributed by atoms with Crippen molar-refractivity contribution in [3.8, 4) is 38.4 Å². The number of nitrogens with zero attached hydrogens (tertiary/aromatic N) is 2. The van der Waals surface area contributed by atoms with Gasteiger partial charge in [0.25, 0.3) is 0 Å². The van der Waals surface area contributed by atoms with Crippen molar-refractivity contribution in [3.63, 3.8) is 0 Å². The predicted molar refractivity (Wildman–Crippen MR) is 306 cm³/mol. The van der Waals surface area contributed by atoms with Gasteiger partial charge in [0.05, 0.1) is 16.4 Å². The number of thiophene rings is 1. The fraction of sp³-hybridized carbons (Fsp3) is 0.242. The van der Waals surface area contributed by atoms with E-state index in [9.17, 15) is 0 Å². The highest BCUT2D eigenvalue weighted by molar-refractivity contribution is 7.23. The molecule has 0 saturated carbocycles. The number of aromatic nitrogens is 1. The zero-order valence-electron chi connectivity index (χ0n) is 42.6. The first kappa shape index (κ1) is 43.0. The summed E-state index contributed by atoms with van der Waals surface area (Å²) in [6.07, 6.45) is 2.30. The third kappa shape index (κ3) is 6.02. The van der Waals surface area contributed by atoms with Crippen LogP contribution in [0.1, 0.15) is 104 Å². The minimum atomic E-state index is -0.153. The Hall–Kier alpha value is -6.82. The lowest BCUT2D eigenvalue weighted by molar-refractivity contribution is 0.332. The zero-order valence-corrected chi connectivity index (χ0v) is 43.5. The van der Waals surface area contributed by atoms with Crippen molar-refractivity contribution in [2.75, 3.05) is 4.81 Å². The lowest BCUT2D eigenvalue weighted by Crippen LogP contribution is -2.60. The van der Waals surface area contributed by atoms with Crippen LogP contribution in [0.2, 0.25) is 0 Å². The summed E-state index contributed by atoms with van der Waals surface area (Å²) in [5, 5.41) is 6.17. The van der Waals surface area contributed by atoms with Crippen molar-refractivity contribution in [2.45, 2.75) is 104 Å². The maximum Gasteiger partial charge on any atom is 0.333 e. The molecule has 0 radical (unpaired) electrons. The fourth-order valence-electron chi connectivity index (χ4n) is 13.0. The Kier molecular flexibility index (Phi) is 8.73. The lowest BCUT2D eigenvalue weighted by atomic mass is 9.43. The number of anilines is 2. The second kappa shape index (κ2) is 14.4. The van der Waals surface area contributed by atoms with Gasteiger partial charge in [-0.05, 0) is 139 Å². The Morgan fingerprint density at radius 2 is 1.20 bits per heavy atom. The molecule has 3 aliphatic rings. The van der Waals surface area contributed by atoms with Gasteiger partial charge >= 0.3 is 6.85 Å². The van der Waals surface area contributed by atoms with Gasteiger partial charge in [0, 0.05) is 59.3 Å². The molecular formula is C66H59BN2OS. The molecule has 3 nitrogen and oxygen atoms in total. The van der Waals surface area contributed by atoms with Crippen LogP contribution < -0.4 is 15.7 Å². The summed E-state index contributed by atoms with van der Waals surface area (Å²) >= 11 is 1.93. The lowest BCUT2D eigenvalue weighted by Gasteiger charge is -2.43. The van der Waals surface area contributed by atoms with E-state index < -0.39 is 0 Å². The molecule has 0 unspecified atom stereocenters. The van der Waals surface area contributed by atoms with Gasteiger partial charge in [-0.2, -0.15) is 0 Å².